The average Bonchev–Trinajstić information content (AvgIpc) is 2.68. The molecule has 1 rings (SSSR count). The van der Waals surface area contributed by atoms with Crippen molar-refractivity contribution in [2.75, 3.05) is 18.0 Å². The molecule has 0 unspecified atom stereocenters. The maximum Gasteiger partial charge on any atom is 0.244 e. The Balaban J connectivity index is 2.87. The first-order valence-corrected chi connectivity index (χ1v) is 5.93. The summed E-state index contributed by atoms with van der Waals surface area (Å²) in [6.45, 7) is 7.38. The second-order valence-electron chi connectivity index (χ2n) is 3.26. The molecular formula is C10H15N3O2S. The van der Waals surface area contributed by atoms with Gasteiger partial charge in [-0.05, 0) is 13.8 Å². The van der Waals surface area contributed by atoms with Gasteiger partial charge in [0.05, 0.1) is 9.80 Å². The van der Waals surface area contributed by atoms with Crippen LogP contribution in [-0.4, -0.2) is 23.0 Å². The fourth-order valence-electron chi connectivity index (χ4n) is 1.24. The standard InChI is InChI=1S/C10H15N3O2S/c1-4-12(5-2)10-11-7-9(16-10)6-8(3)13(14)15/h6-7H,4-5H2,1-3H3. The van der Waals surface area contributed by atoms with Gasteiger partial charge in [-0.15, -0.1) is 0 Å². The zero-order chi connectivity index (χ0) is 12.1. The number of thiazole rings is 1. The number of nitrogens with zero attached hydrogens (tertiary/aromatic N) is 3. The monoisotopic (exact) mass is 241 g/mol. The fourth-order valence-corrected chi connectivity index (χ4v) is 2.28. The van der Waals surface area contributed by atoms with Crippen LogP contribution in [0.5, 0.6) is 0 Å². The van der Waals surface area contributed by atoms with Gasteiger partial charge in [-0.1, -0.05) is 11.3 Å². The van der Waals surface area contributed by atoms with Gasteiger partial charge in [-0.25, -0.2) is 4.98 Å². The van der Waals surface area contributed by atoms with Gasteiger partial charge in [0.25, 0.3) is 0 Å². The number of aromatic nitrogens is 1. The van der Waals surface area contributed by atoms with Crippen LogP contribution in [0, 0.1) is 10.1 Å². The molecular weight excluding hydrogens is 226 g/mol. The topological polar surface area (TPSA) is 59.3 Å². The van der Waals surface area contributed by atoms with Crippen molar-refractivity contribution in [2.45, 2.75) is 20.8 Å². The second kappa shape index (κ2) is 5.60. The Hall–Kier alpha value is -1.43. The van der Waals surface area contributed by atoms with E-state index in [4.69, 9.17) is 0 Å². The molecule has 0 spiro atoms. The summed E-state index contributed by atoms with van der Waals surface area (Å²) in [7, 11) is 0. The third-order valence-electron chi connectivity index (χ3n) is 2.18. The summed E-state index contributed by atoms with van der Waals surface area (Å²) in [5, 5.41) is 11.4. The molecule has 16 heavy (non-hydrogen) atoms. The van der Waals surface area contributed by atoms with Crippen molar-refractivity contribution in [2.24, 2.45) is 0 Å². The van der Waals surface area contributed by atoms with E-state index in [0.29, 0.717) is 0 Å². The normalized spacial score (nSPS) is 11.6. The van der Waals surface area contributed by atoms with E-state index in [1.54, 1.807) is 12.3 Å². The van der Waals surface area contributed by atoms with E-state index in [2.05, 4.69) is 23.7 Å². The largest absolute Gasteiger partial charge is 0.349 e. The van der Waals surface area contributed by atoms with Crippen LogP contribution in [0.4, 0.5) is 5.13 Å². The molecule has 0 N–H and O–H groups in total. The van der Waals surface area contributed by atoms with Gasteiger partial charge in [-0.3, -0.25) is 10.1 Å². The zero-order valence-electron chi connectivity index (χ0n) is 9.64. The molecule has 1 heterocycles. The van der Waals surface area contributed by atoms with Crippen molar-refractivity contribution in [3.05, 3.63) is 26.9 Å². The Morgan fingerprint density at radius 3 is 2.75 bits per heavy atom. The molecule has 1 aromatic rings. The van der Waals surface area contributed by atoms with Crippen molar-refractivity contribution in [1.82, 2.24) is 4.98 Å². The Morgan fingerprint density at radius 2 is 2.25 bits per heavy atom. The van der Waals surface area contributed by atoms with Crippen LogP contribution in [0.2, 0.25) is 0 Å². The highest BCUT2D eigenvalue weighted by atomic mass is 32.1. The Kier molecular flexibility index (Phi) is 4.42. The quantitative estimate of drug-likeness (QED) is 0.587. The third-order valence-corrected chi connectivity index (χ3v) is 3.19. The minimum Gasteiger partial charge on any atom is -0.349 e. The summed E-state index contributed by atoms with van der Waals surface area (Å²) in [5.41, 5.74) is 0.134. The van der Waals surface area contributed by atoms with Gasteiger partial charge in [-0.2, -0.15) is 0 Å². The van der Waals surface area contributed by atoms with Crippen LogP contribution >= 0.6 is 11.3 Å². The smallest absolute Gasteiger partial charge is 0.244 e. The maximum atomic E-state index is 10.5. The van der Waals surface area contributed by atoms with Crippen molar-refractivity contribution in [3.63, 3.8) is 0 Å². The van der Waals surface area contributed by atoms with E-state index < -0.39 is 4.92 Å². The van der Waals surface area contributed by atoms with Gasteiger partial charge in [0.2, 0.25) is 5.70 Å². The molecule has 0 atom stereocenters. The number of anilines is 1. The van der Waals surface area contributed by atoms with Crippen LogP contribution in [-0.2, 0) is 0 Å². The van der Waals surface area contributed by atoms with Crippen molar-refractivity contribution in [3.8, 4) is 0 Å². The van der Waals surface area contributed by atoms with E-state index >= 15 is 0 Å². The van der Waals surface area contributed by atoms with E-state index in [1.807, 2.05) is 0 Å². The first kappa shape index (κ1) is 12.6. The molecule has 0 aliphatic carbocycles. The average molecular weight is 241 g/mol. The van der Waals surface area contributed by atoms with Crippen molar-refractivity contribution < 1.29 is 4.92 Å². The molecule has 0 aromatic carbocycles. The number of hydrogen-bond acceptors (Lipinski definition) is 5. The van der Waals surface area contributed by atoms with Gasteiger partial charge < -0.3 is 4.90 Å². The summed E-state index contributed by atoms with van der Waals surface area (Å²) in [6, 6.07) is 0. The van der Waals surface area contributed by atoms with Crippen LogP contribution in [0.1, 0.15) is 25.6 Å². The molecule has 88 valence electrons. The SMILES string of the molecule is CCN(CC)c1ncc(C=C(C)[N+](=O)[O-])s1. The zero-order valence-corrected chi connectivity index (χ0v) is 10.5. The molecule has 5 nitrogen and oxygen atoms in total. The summed E-state index contributed by atoms with van der Waals surface area (Å²) in [6.07, 6.45) is 3.22. The van der Waals surface area contributed by atoms with Crippen LogP contribution in [0.3, 0.4) is 0 Å². The summed E-state index contributed by atoms with van der Waals surface area (Å²) in [5.74, 6) is 0. The summed E-state index contributed by atoms with van der Waals surface area (Å²) < 4.78 is 0. The predicted molar refractivity (Wildman–Crippen MR) is 66.3 cm³/mol. The molecule has 0 saturated carbocycles. The predicted octanol–water partition coefficient (Wildman–Crippen LogP) is 2.63. The van der Waals surface area contributed by atoms with E-state index in [9.17, 15) is 10.1 Å². The number of rotatable bonds is 5. The molecule has 6 heteroatoms. The fraction of sp³-hybridized carbons (Fsp3) is 0.500. The molecule has 0 saturated heterocycles. The summed E-state index contributed by atoms with van der Waals surface area (Å²) in [4.78, 5) is 17.3. The molecule has 1 aromatic heterocycles. The van der Waals surface area contributed by atoms with Crippen molar-refractivity contribution >= 4 is 22.5 Å². The van der Waals surface area contributed by atoms with E-state index in [-0.39, 0.29) is 5.70 Å². The highest BCUT2D eigenvalue weighted by molar-refractivity contribution is 7.16. The minimum absolute atomic E-state index is 0.134. The van der Waals surface area contributed by atoms with E-state index in [0.717, 1.165) is 23.1 Å². The third kappa shape index (κ3) is 3.03. The second-order valence-corrected chi connectivity index (χ2v) is 4.30. The summed E-state index contributed by atoms with van der Waals surface area (Å²) >= 11 is 1.47. The van der Waals surface area contributed by atoms with Crippen molar-refractivity contribution in [1.29, 1.82) is 0 Å². The van der Waals surface area contributed by atoms with Gasteiger partial charge in [0, 0.05) is 32.3 Å². The van der Waals surface area contributed by atoms with Gasteiger partial charge >= 0.3 is 0 Å². The molecule has 0 aliphatic heterocycles. The van der Waals surface area contributed by atoms with E-state index in [1.165, 1.54) is 18.3 Å². The molecule has 0 fully saturated rings. The minimum atomic E-state index is -0.392. The lowest BCUT2D eigenvalue weighted by molar-refractivity contribution is -0.422. The van der Waals surface area contributed by atoms with Crippen LogP contribution in [0.15, 0.2) is 11.9 Å². The molecule has 0 radical (unpaired) electrons. The van der Waals surface area contributed by atoms with Crippen LogP contribution < -0.4 is 4.90 Å². The van der Waals surface area contributed by atoms with Crippen LogP contribution in [0.25, 0.3) is 6.08 Å². The maximum absolute atomic E-state index is 10.5. The first-order chi connectivity index (χ1) is 7.58. The Bertz CT molecular complexity index is 397. The number of nitro groups is 1. The number of hydrogen-bond donors (Lipinski definition) is 0. The lowest BCUT2D eigenvalue weighted by atomic mass is 10.4. The number of allylic oxidation sites excluding steroid dienone is 1. The Morgan fingerprint density at radius 1 is 1.62 bits per heavy atom. The Labute approximate surface area is 98.6 Å². The molecule has 0 bridgehead atoms. The molecule has 0 aliphatic rings. The lowest BCUT2D eigenvalue weighted by Crippen LogP contribution is -2.21. The first-order valence-electron chi connectivity index (χ1n) is 5.12. The highest BCUT2D eigenvalue weighted by Crippen LogP contribution is 2.24. The highest BCUT2D eigenvalue weighted by Gasteiger charge is 2.08. The lowest BCUT2D eigenvalue weighted by Gasteiger charge is -2.16. The van der Waals surface area contributed by atoms with Gasteiger partial charge in [0.1, 0.15) is 0 Å². The molecule has 0 amide bonds. The van der Waals surface area contributed by atoms with Gasteiger partial charge in [0.15, 0.2) is 5.13 Å².